The van der Waals surface area contributed by atoms with Crippen molar-refractivity contribution in [3.63, 3.8) is 0 Å². The number of rotatable bonds is 6. The molecular formula is C20H22N4O. The quantitative estimate of drug-likeness (QED) is 0.753. The Labute approximate surface area is 147 Å². The summed E-state index contributed by atoms with van der Waals surface area (Å²) < 4.78 is 1.80. The molecule has 0 fully saturated rings. The largest absolute Gasteiger partial charge is 0.340 e. The molecule has 1 aromatic heterocycles. The van der Waals surface area contributed by atoms with E-state index in [2.05, 4.69) is 5.10 Å². The number of carbonyl (C=O) groups excluding carboxylic acids is 1. The molecule has 3 aromatic rings. The van der Waals surface area contributed by atoms with Crippen LogP contribution in [0.2, 0.25) is 0 Å². The highest BCUT2D eigenvalue weighted by molar-refractivity contribution is 5.81. The van der Waals surface area contributed by atoms with Crippen molar-refractivity contribution in [3.05, 3.63) is 84.2 Å². The Hall–Kier alpha value is -2.92. The van der Waals surface area contributed by atoms with E-state index in [1.807, 2.05) is 66.9 Å². The summed E-state index contributed by atoms with van der Waals surface area (Å²) in [4.78, 5) is 14.2. The highest BCUT2D eigenvalue weighted by Gasteiger charge is 2.19. The summed E-state index contributed by atoms with van der Waals surface area (Å²) in [6, 6.07) is 19.2. The molecule has 1 atom stereocenters. The fraction of sp³-hybridized carbons (Fsp3) is 0.200. The van der Waals surface area contributed by atoms with Crippen LogP contribution in [0.15, 0.2) is 73.1 Å². The van der Waals surface area contributed by atoms with E-state index in [0.29, 0.717) is 13.0 Å². The van der Waals surface area contributed by atoms with E-state index in [-0.39, 0.29) is 5.91 Å². The van der Waals surface area contributed by atoms with E-state index in [0.717, 1.165) is 16.8 Å². The number of nitrogens with zero attached hydrogens (tertiary/aromatic N) is 3. The zero-order valence-electron chi connectivity index (χ0n) is 14.2. The van der Waals surface area contributed by atoms with Gasteiger partial charge in [0.25, 0.3) is 0 Å². The maximum atomic E-state index is 12.5. The third-order valence-electron chi connectivity index (χ3n) is 4.07. The Bertz CT molecular complexity index is 814. The number of hydrogen-bond donors (Lipinski definition) is 1. The minimum atomic E-state index is -0.545. The number of hydrogen-bond acceptors (Lipinski definition) is 3. The van der Waals surface area contributed by atoms with Crippen LogP contribution in [0, 0.1) is 0 Å². The maximum Gasteiger partial charge on any atom is 0.239 e. The first kappa shape index (κ1) is 16.9. The van der Waals surface area contributed by atoms with Gasteiger partial charge in [0, 0.05) is 25.4 Å². The first-order valence-corrected chi connectivity index (χ1v) is 8.27. The van der Waals surface area contributed by atoms with Crippen molar-refractivity contribution in [2.45, 2.75) is 19.0 Å². The molecule has 0 spiro atoms. The molecule has 1 amide bonds. The van der Waals surface area contributed by atoms with Crippen LogP contribution in [-0.2, 0) is 17.8 Å². The lowest BCUT2D eigenvalue weighted by Crippen LogP contribution is -2.42. The SMILES string of the molecule is CN(Cc1cnn(-c2ccccc2)c1)C(=O)[C@H](N)Cc1ccccc1. The van der Waals surface area contributed by atoms with E-state index in [9.17, 15) is 4.79 Å². The monoisotopic (exact) mass is 334 g/mol. The maximum absolute atomic E-state index is 12.5. The highest BCUT2D eigenvalue weighted by atomic mass is 16.2. The molecule has 1 heterocycles. The third-order valence-corrected chi connectivity index (χ3v) is 4.07. The van der Waals surface area contributed by atoms with Crippen LogP contribution in [0.3, 0.4) is 0 Å². The molecule has 5 heteroatoms. The topological polar surface area (TPSA) is 64.2 Å². The predicted octanol–water partition coefficient (Wildman–Crippen LogP) is 2.40. The summed E-state index contributed by atoms with van der Waals surface area (Å²) in [6.07, 6.45) is 4.24. The zero-order chi connectivity index (χ0) is 17.6. The summed E-state index contributed by atoms with van der Waals surface area (Å²) in [7, 11) is 1.77. The number of amides is 1. The van der Waals surface area contributed by atoms with Gasteiger partial charge in [-0.15, -0.1) is 0 Å². The summed E-state index contributed by atoms with van der Waals surface area (Å²) in [5, 5.41) is 4.36. The molecule has 0 unspecified atom stereocenters. The van der Waals surface area contributed by atoms with E-state index in [1.54, 1.807) is 22.8 Å². The molecule has 0 aliphatic carbocycles. The Morgan fingerprint density at radius 1 is 1.08 bits per heavy atom. The Morgan fingerprint density at radius 3 is 2.40 bits per heavy atom. The van der Waals surface area contributed by atoms with Crippen molar-refractivity contribution in [1.29, 1.82) is 0 Å². The van der Waals surface area contributed by atoms with Crippen LogP contribution in [0.5, 0.6) is 0 Å². The van der Waals surface area contributed by atoms with E-state index < -0.39 is 6.04 Å². The average molecular weight is 334 g/mol. The molecule has 25 heavy (non-hydrogen) atoms. The lowest BCUT2D eigenvalue weighted by Gasteiger charge is -2.20. The standard InChI is InChI=1S/C20H22N4O/c1-23(20(25)19(21)12-16-8-4-2-5-9-16)14-17-13-22-24(15-17)18-10-6-3-7-11-18/h2-11,13,15,19H,12,14,21H2,1H3/t19-/m1/s1. The fourth-order valence-electron chi connectivity index (χ4n) is 2.75. The first-order valence-electron chi connectivity index (χ1n) is 8.27. The second-order valence-corrected chi connectivity index (χ2v) is 6.12. The van der Waals surface area contributed by atoms with Gasteiger partial charge in [-0.2, -0.15) is 5.10 Å². The van der Waals surface area contributed by atoms with Gasteiger partial charge in [-0.25, -0.2) is 4.68 Å². The molecule has 0 aliphatic rings. The number of para-hydroxylation sites is 1. The second kappa shape index (κ2) is 7.77. The molecule has 0 saturated heterocycles. The highest BCUT2D eigenvalue weighted by Crippen LogP contribution is 2.10. The summed E-state index contributed by atoms with van der Waals surface area (Å²) in [5.74, 6) is -0.0729. The minimum absolute atomic E-state index is 0.0729. The number of benzene rings is 2. The Balaban J connectivity index is 1.61. The molecular weight excluding hydrogens is 312 g/mol. The molecule has 0 radical (unpaired) electrons. The van der Waals surface area contributed by atoms with Crippen LogP contribution in [0.25, 0.3) is 5.69 Å². The van der Waals surface area contributed by atoms with Crippen molar-refractivity contribution in [2.24, 2.45) is 5.73 Å². The van der Waals surface area contributed by atoms with Gasteiger partial charge in [-0.3, -0.25) is 4.79 Å². The van der Waals surface area contributed by atoms with Crippen LogP contribution in [0.4, 0.5) is 0 Å². The van der Waals surface area contributed by atoms with Gasteiger partial charge in [-0.1, -0.05) is 48.5 Å². The smallest absolute Gasteiger partial charge is 0.239 e. The molecule has 5 nitrogen and oxygen atoms in total. The molecule has 128 valence electrons. The first-order chi connectivity index (χ1) is 12.1. The van der Waals surface area contributed by atoms with Gasteiger partial charge in [0.1, 0.15) is 0 Å². The lowest BCUT2D eigenvalue weighted by molar-refractivity contribution is -0.131. The third kappa shape index (κ3) is 4.33. The van der Waals surface area contributed by atoms with E-state index in [1.165, 1.54) is 0 Å². The normalized spacial score (nSPS) is 11.9. The molecule has 2 N–H and O–H groups in total. The molecule has 0 saturated carbocycles. The number of nitrogens with two attached hydrogens (primary N) is 1. The number of likely N-dealkylation sites (N-methyl/N-ethyl adjacent to an activating group) is 1. The van der Waals surface area contributed by atoms with Crippen molar-refractivity contribution < 1.29 is 4.79 Å². The van der Waals surface area contributed by atoms with Crippen molar-refractivity contribution in [2.75, 3.05) is 7.05 Å². The summed E-state index contributed by atoms with van der Waals surface area (Å²) >= 11 is 0. The number of carbonyl (C=O) groups is 1. The summed E-state index contributed by atoms with van der Waals surface area (Å²) in [6.45, 7) is 0.480. The van der Waals surface area contributed by atoms with Crippen LogP contribution in [0.1, 0.15) is 11.1 Å². The minimum Gasteiger partial charge on any atom is -0.340 e. The van der Waals surface area contributed by atoms with Gasteiger partial charge >= 0.3 is 0 Å². The Morgan fingerprint density at radius 2 is 1.72 bits per heavy atom. The number of aromatic nitrogens is 2. The lowest BCUT2D eigenvalue weighted by atomic mass is 10.1. The van der Waals surface area contributed by atoms with Crippen LogP contribution in [-0.4, -0.2) is 33.7 Å². The predicted molar refractivity (Wildman–Crippen MR) is 98.2 cm³/mol. The molecule has 0 bridgehead atoms. The second-order valence-electron chi connectivity index (χ2n) is 6.12. The van der Waals surface area contributed by atoms with Crippen LogP contribution < -0.4 is 5.73 Å². The van der Waals surface area contributed by atoms with Gasteiger partial charge < -0.3 is 10.6 Å². The van der Waals surface area contributed by atoms with Crippen LogP contribution >= 0.6 is 0 Å². The van der Waals surface area contributed by atoms with Gasteiger partial charge in [0.05, 0.1) is 17.9 Å². The summed E-state index contributed by atoms with van der Waals surface area (Å²) in [5.41, 5.74) is 9.11. The van der Waals surface area contributed by atoms with Gasteiger partial charge in [0.15, 0.2) is 0 Å². The molecule has 0 aliphatic heterocycles. The Kier molecular flexibility index (Phi) is 5.26. The van der Waals surface area contributed by atoms with Crippen molar-refractivity contribution in [3.8, 4) is 5.69 Å². The fourth-order valence-corrected chi connectivity index (χ4v) is 2.75. The molecule has 3 rings (SSSR count). The van der Waals surface area contributed by atoms with Gasteiger partial charge in [-0.05, 0) is 24.1 Å². The van der Waals surface area contributed by atoms with Gasteiger partial charge in [0.2, 0.25) is 5.91 Å². The average Bonchev–Trinajstić information content (AvgIpc) is 3.11. The van der Waals surface area contributed by atoms with Crippen molar-refractivity contribution in [1.82, 2.24) is 14.7 Å². The van der Waals surface area contributed by atoms with E-state index in [4.69, 9.17) is 5.73 Å². The zero-order valence-corrected chi connectivity index (χ0v) is 14.2. The van der Waals surface area contributed by atoms with Crippen molar-refractivity contribution >= 4 is 5.91 Å². The molecule has 2 aromatic carbocycles. The van der Waals surface area contributed by atoms with E-state index >= 15 is 0 Å².